The lowest BCUT2D eigenvalue weighted by molar-refractivity contribution is -0.126. The molecule has 1 aromatic heterocycles. The molecule has 0 saturated carbocycles. The zero-order valence-corrected chi connectivity index (χ0v) is 17.8. The minimum absolute atomic E-state index is 0.108. The van der Waals surface area contributed by atoms with Gasteiger partial charge >= 0.3 is 0 Å². The monoisotopic (exact) mass is 422 g/mol. The number of methoxy groups -OCH3 is 1. The quantitative estimate of drug-likeness (QED) is 0.742. The molecule has 6 nitrogen and oxygen atoms in total. The van der Waals surface area contributed by atoms with Gasteiger partial charge in [-0.25, -0.2) is 8.42 Å². The molecule has 2 atom stereocenters. The van der Waals surface area contributed by atoms with Crippen LogP contribution < -0.4 is 10.1 Å². The van der Waals surface area contributed by atoms with Crippen molar-refractivity contribution in [2.75, 3.05) is 20.2 Å². The van der Waals surface area contributed by atoms with E-state index in [0.29, 0.717) is 23.6 Å². The van der Waals surface area contributed by atoms with E-state index < -0.39 is 10.0 Å². The van der Waals surface area contributed by atoms with E-state index in [0.717, 1.165) is 17.7 Å². The molecule has 0 spiro atoms. The van der Waals surface area contributed by atoms with E-state index in [1.165, 1.54) is 15.6 Å². The van der Waals surface area contributed by atoms with E-state index >= 15 is 0 Å². The fourth-order valence-electron chi connectivity index (χ4n) is 3.56. The summed E-state index contributed by atoms with van der Waals surface area (Å²) >= 11 is 1.20. The fourth-order valence-corrected chi connectivity index (χ4v) is 6.22. The summed E-state index contributed by atoms with van der Waals surface area (Å²) in [6, 6.07) is 10.8. The van der Waals surface area contributed by atoms with Crippen LogP contribution in [0.1, 0.15) is 37.8 Å². The minimum Gasteiger partial charge on any atom is -0.496 e. The number of ether oxygens (including phenoxy) is 1. The second kappa shape index (κ2) is 9.07. The number of carbonyl (C=O) groups excluding carboxylic acids is 1. The first-order chi connectivity index (χ1) is 13.5. The van der Waals surface area contributed by atoms with Crippen molar-refractivity contribution in [3.05, 3.63) is 47.3 Å². The molecule has 0 aliphatic carbocycles. The van der Waals surface area contributed by atoms with Crippen LogP contribution in [0.2, 0.25) is 0 Å². The topological polar surface area (TPSA) is 75.7 Å². The van der Waals surface area contributed by atoms with Gasteiger partial charge in [-0.1, -0.05) is 31.2 Å². The van der Waals surface area contributed by atoms with E-state index in [2.05, 4.69) is 5.32 Å². The van der Waals surface area contributed by atoms with Crippen LogP contribution in [0.3, 0.4) is 0 Å². The molecule has 2 heterocycles. The average molecular weight is 423 g/mol. The molecule has 1 N–H and O–H groups in total. The maximum Gasteiger partial charge on any atom is 0.252 e. The zero-order valence-electron chi connectivity index (χ0n) is 16.1. The molecule has 1 aliphatic rings. The highest BCUT2D eigenvalue weighted by Crippen LogP contribution is 2.29. The number of rotatable bonds is 7. The summed E-state index contributed by atoms with van der Waals surface area (Å²) in [5.74, 6) is 0.274. The largest absolute Gasteiger partial charge is 0.496 e. The highest BCUT2D eigenvalue weighted by atomic mass is 32.2. The number of benzene rings is 1. The third kappa shape index (κ3) is 4.39. The third-order valence-electron chi connectivity index (χ3n) is 5.08. The van der Waals surface area contributed by atoms with Crippen LogP contribution in [0.25, 0.3) is 0 Å². The Morgan fingerprint density at radius 3 is 2.79 bits per heavy atom. The fraction of sp³-hybridized carbons (Fsp3) is 0.450. The Balaban J connectivity index is 1.71. The van der Waals surface area contributed by atoms with Crippen LogP contribution in [-0.4, -0.2) is 38.8 Å². The molecule has 152 valence electrons. The summed E-state index contributed by atoms with van der Waals surface area (Å²) in [4.78, 5) is 12.9. The summed E-state index contributed by atoms with van der Waals surface area (Å²) in [7, 11) is -1.92. The van der Waals surface area contributed by atoms with Crippen molar-refractivity contribution in [3.63, 3.8) is 0 Å². The van der Waals surface area contributed by atoms with E-state index in [4.69, 9.17) is 4.74 Å². The maximum absolute atomic E-state index is 12.9. The van der Waals surface area contributed by atoms with Gasteiger partial charge in [0.2, 0.25) is 5.91 Å². The lowest BCUT2D eigenvalue weighted by Crippen LogP contribution is -2.45. The van der Waals surface area contributed by atoms with Crippen molar-refractivity contribution in [3.8, 4) is 5.75 Å². The highest BCUT2D eigenvalue weighted by Gasteiger charge is 2.34. The van der Waals surface area contributed by atoms with E-state index in [1.807, 2.05) is 31.2 Å². The smallest absolute Gasteiger partial charge is 0.252 e. The van der Waals surface area contributed by atoms with Crippen LogP contribution in [-0.2, 0) is 14.8 Å². The molecule has 0 bridgehead atoms. The van der Waals surface area contributed by atoms with Gasteiger partial charge in [-0.2, -0.15) is 4.31 Å². The van der Waals surface area contributed by atoms with Crippen LogP contribution in [0, 0.1) is 5.92 Å². The van der Waals surface area contributed by atoms with Gasteiger partial charge < -0.3 is 10.1 Å². The number of hydrogen-bond donors (Lipinski definition) is 1. The molecule has 1 fully saturated rings. The van der Waals surface area contributed by atoms with E-state index in [9.17, 15) is 13.2 Å². The first kappa shape index (κ1) is 20.8. The number of hydrogen-bond acceptors (Lipinski definition) is 5. The molecule has 2 aromatic rings. The van der Waals surface area contributed by atoms with Gasteiger partial charge in [0, 0.05) is 18.7 Å². The zero-order chi connectivity index (χ0) is 20.1. The number of amides is 1. The molecular formula is C20H26N2O4S2. The normalized spacial score (nSPS) is 19.1. The van der Waals surface area contributed by atoms with Crippen molar-refractivity contribution in [1.82, 2.24) is 9.62 Å². The standard InChI is InChI=1S/C20H26N2O4S2/c1-3-17(16-9-4-5-10-18(16)26-2)21-20(23)15-8-6-12-22(14-15)28(24,25)19-11-7-13-27-19/h4-5,7,9-11,13,15,17H,3,6,8,12,14H2,1-2H3,(H,21,23). The van der Waals surface area contributed by atoms with Gasteiger partial charge in [0.15, 0.2) is 0 Å². The van der Waals surface area contributed by atoms with Crippen molar-refractivity contribution in [2.45, 2.75) is 36.4 Å². The predicted octanol–water partition coefficient (Wildman–Crippen LogP) is 3.42. The lowest BCUT2D eigenvalue weighted by atomic mass is 9.97. The van der Waals surface area contributed by atoms with E-state index in [1.54, 1.807) is 24.6 Å². The van der Waals surface area contributed by atoms with Crippen LogP contribution in [0.15, 0.2) is 46.0 Å². The van der Waals surface area contributed by atoms with Crippen LogP contribution >= 0.6 is 11.3 Å². The number of para-hydroxylation sites is 1. The molecule has 0 radical (unpaired) electrons. The van der Waals surface area contributed by atoms with Crippen molar-refractivity contribution < 1.29 is 17.9 Å². The van der Waals surface area contributed by atoms with Gasteiger partial charge in [0.25, 0.3) is 10.0 Å². The molecular weight excluding hydrogens is 396 g/mol. The Hall–Kier alpha value is -1.90. The lowest BCUT2D eigenvalue weighted by Gasteiger charge is -2.32. The summed E-state index contributed by atoms with van der Waals surface area (Å²) in [6.45, 7) is 2.67. The van der Waals surface area contributed by atoms with E-state index in [-0.39, 0.29) is 24.4 Å². The average Bonchev–Trinajstić information content (AvgIpc) is 3.28. The van der Waals surface area contributed by atoms with Gasteiger partial charge in [-0.15, -0.1) is 11.3 Å². The molecule has 1 aromatic carbocycles. The number of nitrogens with zero attached hydrogens (tertiary/aromatic N) is 1. The molecule has 28 heavy (non-hydrogen) atoms. The van der Waals surface area contributed by atoms with Gasteiger partial charge in [-0.05, 0) is 36.8 Å². The second-order valence-electron chi connectivity index (χ2n) is 6.85. The van der Waals surface area contributed by atoms with Crippen molar-refractivity contribution in [2.24, 2.45) is 5.92 Å². The Kier molecular flexibility index (Phi) is 6.74. The second-order valence-corrected chi connectivity index (χ2v) is 9.96. The Morgan fingerprint density at radius 1 is 1.32 bits per heavy atom. The minimum atomic E-state index is -3.53. The van der Waals surface area contributed by atoms with Gasteiger partial charge in [0.05, 0.1) is 19.1 Å². The molecule has 2 unspecified atom stereocenters. The predicted molar refractivity (Wildman–Crippen MR) is 110 cm³/mol. The maximum atomic E-state index is 12.9. The molecule has 8 heteroatoms. The SMILES string of the molecule is CCC(NC(=O)C1CCCN(S(=O)(=O)c2cccs2)C1)c1ccccc1OC. The molecule has 1 saturated heterocycles. The number of thiophene rings is 1. The summed E-state index contributed by atoms with van der Waals surface area (Å²) in [5, 5.41) is 4.85. The summed E-state index contributed by atoms with van der Waals surface area (Å²) in [5.41, 5.74) is 0.930. The van der Waals surface area contributed by atoms with Gasteiger partial charge in [-0.3, -0.25) is 4.79 Å². The third-order valence-corrected chi connectivity index (χ3v) is 8.32. The van der Waals surface area contributed by atoms with Crippen LogP contribution in [0.4, 0.5) is 0 Å². The Bertz CT molecular complexity index is 897. The first-order valence-electron chi connectivity index (χ1n) is 9.44. The molecule has 3 rings (SSSR count). The summed E-state index contributed by atoms with van der Waals surface area (Å²) < 4.78 is 32.8. The summed E-state index contributed by atoms with van der Waals surface area (Å²) in [6.07, 6.45) is 2.08. The Labute approximate surface area is 170 Å². The van der Waals surface area contributed by atoms with Crippen LogP contribution in [0.5, 0.6) is 5.75 Å². The van der Waals surface area contributed by atoms with Crippen molar-refractivity contribution >= 4 is 27.3 Å². The molecule has 1 aliphatic heterocycles. The number of carbonyl (C=O) groups is 1. The molecule has 1 amide bonds. The first-order valence-corrected chi connectivity index (χ1v) is 11.8. The number of sulfonamides is 1. The number of piperidine rings is 1. The van der Waals surface area contributed by atoms with Crippen molar-refractivity contribution in [1.29, 1.82) is 0 Å². The number of nitrogens with one attached hydrogen (secondary N) is 1. The van der Waals surface area contributed by atoms with Gasteiger partial charge in [0.1, 0.15) is 9.96 Å². The Morgan fingerprint density at radius 2 is 2.11 bits per heavy atom. The highest BCUT2D eigenvalue weighted by molar-refractivity contribution is 7.91.